The molecule has 0 unspecified atom stereocenters. The Morgan fingerprint density at radius 3 is 2.62 bits per heavy atom. The van der Waals surface area contributed by atoms with Crippen LogP contribution in [0.15, 0.2) is 18.2 Å². The quantitative estimate of drug-likeness (QED) is 0.848. The zero-order valence-corrected chi connectivity index (χ0v) is 10.4. The molecule has 0 aromatic heterocycles. The number of esters is 1. The highest BCUT2D eigenvalue weighted by atomic mass is 35.5. The van der Waals surface area contributed by atoms with Crippen molar-refractivity contribution in [1.29, 1.82) is 0 Å². The average Bonchev–Trinajstić information content (AvgIpc) is 2.25. The van der Waals surface area contributed by atoms with Crippen LogP contribution in [0.25, 0.3) is 0 Å². The Morgan fingerprint density at radius 2 is 2.12 bits per heavy atom. The molecule has 5 heteroatoms. The van der Waals surface area contributed by atoms with E-state index < -0.39 is 5.92 Å². The number of nitrogens with two attached hydrogens (primary N) is 1. The molecule has 0 heterocycles. The molecule has 1 rings (SSSR count). The van der Waals surface area contributed by atoms with Gasteiger partial charge in [-0.05, 0) is 24.6 Å². The third-order valence-electron chi connectivity index (χ3n) is 2.15. The molecule has 0 aliphatic carbocycles. The SMILES string of the molecule is CCOC(=O)[C@H](CN)c1ccc(Cl)c(Cl)c1. The molecule has 0 aliphatic rings. The van der Waals surface area contributed by atoms with Crippen molar-refractivity contribution in [1.82, 2.24) is 0 Å². The molecular weight excluding hydrogens is 249 g/mol. The van der Waals surface area contributed by atoms with Crippen LogP contribution in [0.3, 0.4) is 0 Å². The second kappa shape index (κ2) is 6.09. The highest BCUT2D eigenvalue weighted by Crippen LogP contribution is 2.26. The molecule has 0 saturated carbocycles. The van der Waals surface area contributed by atoms with Gasteiger partial charge in [-0.15, -0.1) is 0 Å². The minimum atomic E-state index is -0.491. The van der Waals surface area contributed by atoms with Crippen LogP contribution in [0.2, 0.25) is 10.0 Å². The van der Waals surface area contributed by atoms with Crippen molar-refractivity contribution in [2.45, 2.75) is 12.8 Å². The van der Waals surface area contributed by atoms with E-state index >= 15 is 0 Å². The maximum absolute atomic E-state index is 11.6. The van der Waals surface area contributed by atoms with E-state index in [0.29, 0.717) is 16.7 Å². The van der Waals surface area contributed by atoms with E-state index in [1.165, 1.54) is 0 Å². The van der Waals surface area contributed by atoms with Gasteiger partial charge in [-0.25, -0.2) is 0 Å². The summed E-state index contributed by atoms with van der Waals surface area (Å²) in [5.41, 5.74) is 6.27. The molecular formula is C11H13Cl2NO2. The zero-order chi connectivity index (χ0) is 12.1. The van der Waals surface area contributed by atoms with Gasteiger partial charge in [0.15, 0.2) is 0 Å². The first-order valence-electron chi connectivity index (χ1n) is 4.91. The van der Waals surface area contributed by atoms with E-state index in [0.717, 1.165) is 5.56 Å². The largest absolute Gasteiger partial charge is 0.465 e. The number of halogens is 2. The first kappa shape index (κ1) is 13.3. The van der Waals surface area contributed by atoms with Crippen molar-refractivity contribution < 1.29 is 9.53 Å². The molecule has 1 aromatic carbocycles. The highest BCUT2D eigenvalue weighted by molar-refractivity contribution is 6.42. The van der Waals surface area contributed by atoms with Crippen LogP contribution in [0.1, 0.15) is 18.4 Å². The smallest absolute Gasteiger partial charge is 0.314 e. The molecule has 0 amide bonds. The Labute approximate surface area is 104 Å². The summed E-state index contributed by atoms with van der Waals surface area (Å²) >= 11 is 11.7. The zero-order valence-electron chi connectivity index (χ0n) is 8.87. The number of benzene rings is 1. The normalized spacial score (nSPS) is 12.2. The van der Waals surface area contributed by atoms with Gasteiger partial charge in [0.1, 0.15) is 0 Å². The maximum Gasteiger partial charge on any atom is 0.314 e. The fraction of sp³-hybridized carbons (Fsp3) is 0.364. The summed E-state index contributed by atoms with van der Waals surface area (Å²) in [5.74, 6) is -0.835. The molecule has 0 aliphatic heterocycles. The van der Waals surface area contributed by atoms with Crippen LogP contribution in [0, 0.1) is 0 Å². The number of hydrogen-bond acceptors (Lipinski definition) is 3. The molecule has 0 radical (unpaired) electrons. The van der Waals surface area contributed by atoms with Crippen LogP contribution in [0.4, 0.5) is 0 Å². The molecule has 0 spiro atoms. The first-order valence-corrected chi connectivity index (χ1v) is 5.67. The molecule has 3 nitrogen and oxygen atoms in total. The molecule has 0 saturated heterocycles. The van der Waals surface area contributed by atoms with Gasteiger partial charge in [0.25, 0.3) is 0 Å². The summed E-state index contributed by atoms with van der Waals surface area (Å²) in [5, 5.41) is 0.854. The summed E-state index contributed by atoms with van der Waals surface area (Å²) in [6, 6.07) is 5.00. The Hall–Kier alpha value is -0.770. The Morgan fingerprint density at radius 1 is 1.44 bits per heavy atom. The summed E-state index contributed by atoms with van der Waals surface area (Å²) in [6.45, 7) is 2.26. The second-order valence-electron chi connectivity index (χ2n) is 3.21. The van der Waals surface area contributed by atoms with Gasteiger partial charge in [0.2, 0.25) is 0 Å². The third-order valence-corrected chi connectivity index (χ3v) is 2.89. The van der Waals surface area contributed by atoms with E-state index in [2.05, 4.69) is 0 Å². The van der Waals surface area contributed by atoms with Crippen molar-refractivity contribution in [2.24, 2.45) is 5.73 Å². The number of rotatable bonds is 4. The van der Waals surface area contributed by atoms with Gasteiger partial charge in [-0.1, -0.05) is 29.3 Å². The summed E-state index contributed by atoms with van der Waals surface area (Å²) in [7, 11) is 0. The highest BCUT2D eigenvalue weighted by Gasteiger charge is 2.20. The predicted octanol–water partition coefficient (Wildman–Crippen LogP) is 2.60. The average molecular weight is 262 g/mol. The topological polar surface area (TPSA) is 52.3 Å². The Kier molecular flexibility index (Phi) is 5.06. The molecule has 88 valence electrons. The van der Waals surface area contributed by atoms with Gasteiger partial charge >= 0.3 is 5.97 Å². The maximum atomic E-state index is 11.6. The van der Waals surface area contributed by atoms with E-state index in [4.69, 9.17) is 33.7 Å². The van der Waals surface area contributed by atoms with Crippen LogP contribution < -0.4 is 5.73 Å². The number of ether oxygens (including phenoxy) is 1. The number of carbonyl (C=O) groups is 1. The molecule has 0 bridgehead atoms. The first-order chi connectivity index (χ1) is 7.60. The fourth-order valence-electron chi connectivity index (χ4n) is 1.34. The lowest BCUT2D eigenvalue weighted by molar-refractivity contribution is -0.144. The number of hydrogen-bond donors (Lipinski definition) is 1. The second-order valence-corrected chi connectivity index (χ2v) is 4.03. The van der Waals surface area contributed by atoms with Gasteiger partial charge in [-0.3, -0.25) is 4.79 Å². The van der Waals surface area contributed by atoms with Crippen molar-refractivity contribution in [3.8, 4) is 0 Å². The molecule has 1 atom stereocenters. The lowest BCUT2D eigenvalue weighted by atomic mass is 9.99. The third kappa shape index (κ3) is 3.11. The summed E-state index contributed by atoms with van der Waals surface area (Å²) < 4.78 is 4.92. The van der Waals surface area contributed by atoms with E-state index in [-0.39, 0.29) is 12.5 Å². The summed E-state index contributed by atoms with van der Waals surface area (Å²) in [4.78, 5) is 11.6. The van der Waals surface area contributed by atoms with Crippen LogP contribution >= 0.6 is 23.2 Å². The standard InChI is InChI=1S/C11H13Cl2NO2/c1-2-16-11(15)8(6-14)7-3-4-9(12)10(13)5-7/h3-5,8H,2,6,14H2,1H3/t8-/m1/s1. The Balaban J connectivity index is 2.95. The lowest BCUT2D eigenvalue weighted by Crippen LogP contribution is -2.23. The van der Waals surface area contributed by atoms with E-state index in [1.54, 1.807) is 25.1 Å². The van der Waals surface area contributed by atoms with Gasteiger partial charge < -0.3 is 10.5 Å². The van der Waals surface area contributed by atoms with Crippen molar-refractivity contribution in [2.75, 3.05) is 13.2 Å². The van der Waals surface area contributed by atoms with Gasteiger partial charge in [-0.2, -0.15) is 0 Å². The van der Waals surface area contributed by atoms with E-state index in [1.807, 2.05) is 0 Å². The van der Waals surface area contributed by atoms with Crippen LogP contribution in [-0.2, 0) is 9.53 Å². The molecule has 16 heavy (non-hydrogen) atoms. The molecule has 2 N–H and O–H groups in total. The van der Waals surface area contributed by atoms with Crippen LogP contribution in [0.5, 0.6) is 0 Å². The predicted molar refractivity (Wildman–Crippen MR) is 64.9 cm³/mol. The van der Waals surface area contributed by atoms with Crippen molar-refractivity contribution >= 4 is 29.2 Å². The van der Waals surface area contributed by atoms with Gasteiger partial charge in [0, 0.05) is 6.54 Å². The molecule has 0 fully saturated rings. The number of carbonyl (C=O) groups excluding carboxylic acids is 1. The van der Waals surface area contributed by atoms with E-state index in [9.17, 15) is 4.79 Å². The lowest BCUT2D eigenvalue weighted by Gasteiger charge is -2.14. The van der Waals surface area contributed by atoms with Gasteiger partial charge in [0.05, 0.1) is 22.6 Å². The van der Waals surface area contributed by atoms with Crippen LogP contribution in [-0.4, -0.2) is 19.1 Å². The minimum Gasteiger partial charge on any atom is -0.465 e. The monoisotopic (exact) mass is 261 g/mol. The minimum absolute atomic E-state index is 0.177. The molecule has 1 aromatic rings. The van der Waals surface area contributed by atoms with Crippen molar-refractivity contribution in [3.05, 3.63) is 33.8 Å². The Bertz CT molecular complexity index is 382. The summed E-state index contributed by atoms with van der Waals surface area (Å²) in [6.07, 6.45) is 0. The van der Waals surface area contributed by atoms with Crippen molar-refractivity contribution in [3.63, 3.8) is 0 Å². The fourth-order valence-corrected chi connectivity index (χ4v) is 1.65.